The summed E-state index contributed by atoms with van der Waals surface area (Å²) in [6.07, 6.45) is 3.09. The van der Waals surface area contributed by atoms with Crippen molar-refractivity contribution in [3.8, 4) is 5.82 Å². The molecule has 0 radical (unpaired) electrons. The summed E-state index contributed by atoms with van der Waals surface area (Å²) in [5, 5.41) is 3.98. The first-order valence-corrected chi connectivity index (χ1v) is 4.70. The Morgan fingerprint density at radius 3 is 2.85 bits per heavy atom. The van der Waals surface area contributed by atoms with Crippen LogP contribution in [0.4, 0.5) is 0 Å². The van der Waals surface area contributed by atoms with Gasteiger partial charge in [-0.2, -0.15) is 5.10 Å². The molecule has 13 heavy (non-hydrogen) atoms. The van der Waals surface area contributed by atoms with E-state index in [4.69, 9.17) is 0 Å². The maximum absolute atomic E-state index is 4.22. The number of aryl methyl sites for hydroxylation is 1. The average Bonchev–Trinajstić information content (AvgIpc) is 2.53. The van der Waals surface area contributed by atoms with Crippen molar-refractivity contribution in [3.05, 3.63) is 28.2 Å². The first kappa shape index (κ1) is 8.54. The molecule has 0 bridgehead atoms. The molecule has 2 aromatic rings. The molecule has 0 saturated carbocycles. The molecule has 5 nitrogen and oxygen atoms in total. The predicted molar refractivity (Wildman–Crippen MR) is 54.4 cm³/mol. The lowest BCUT2D eigenvalue weighted by Crippen LogP contribution is -2.02. The van der Waals surface area contributed by atoms with Crippen molar-refractivity contribution in [3.63, 3.8) is 0 Å². The van der Waals surface area contributed by atoms with Crippen LogP contribution in [0.3, 0.4) is 0 Å². The van der Waals surface area contributed by atoms with E-state index >= 15 is 0 Å². The quantitative estimate of drug-likeness (QED) is 0.579. The third-order valence-electron chi connectivity index (χ3n) is 1.45. The topological polar surface area (TPSA) is 56.5 Å². The van der Waals surface area contributed by atoms with Gasteiger partial charge >= 0.3 is 0 Å². The molecule has 0 aromatic carbocycles. The number of halogens is 1. The molecular formula is C7H6IN5. The Labute approximate surface area is 88.4 Å². The van der Waals surface area contributed by atoms with Crippen LogP contribution in [0.25, 0.3) is 5.82 Å². The fourth-order valence-electron chi connectivity index (χ4n) is 0.960. The second-order valence-corrected chi connectivity index (χ2v) is 3.54. The molecule has 6 heteroatoms. The normalized spacial score (nSPS) is 10.3. The SMILES string of the molecule is Cc1nc(I)cc(-n2cncn2)n1. The lowest BCUT2D eigenvalue weighted by Gasteiger charge is -2.00. The van der Waals surface area contributed by atoms with Gasteiger partial charge in [0.25, 0.3) is 0 Å². The van der Waals surface area contributed by atoms with Crippen molar-refractivity contribution >= 4 is 22.6 Å². The van der Waals surface area contributed by atoms with Gasteiger partial charge in [0.15, 0.2) is 5.82 Å². The molecule has 0 unspecified atom stereocenters. The van der Waals surface area contributed by atoms with Gasteiger partial charge in [0.05, 0.1) is 0 Å². The molecule has 0 saturated heterocycles. The second kappa shape index (κ2) is 3.36. The van der Waals surface area contributed by atoms with Crippen molar-refractivity contribution in [2.75, 3.05) is 0 Å². The Bertz CT molecular complexity index is 391. The summed E-state index contributed by atoms with van der Waals surface area (Å²) in [6, 6.07) is 1.85. The highest BCUT2D eigenvalue weighted by Gasteiger charge is 2.01. The van der Waals surface area contributed by atoms with Gasteiger partial charge in [-0.15, -0.1) is 0 Å². The third kappa shape index (κ3) is 1.82. The number of nitrogens with zero attached hydrogens (tertiary/aromatic N) is 5. The van der Waals surface area contributed by atoms with Gasteiger partial charge in [-0.1, -0.05) is 0 Å². The molecule has 0 atom stereocenters. The highest BCUT2D eigenvalue weighted by molar-refractivity contribution is 14.1. The Morgan fingerprint density at radius 1 is 1.38 bits per heavy atom. The smallest absolute Gasteiger partial charge is 0.159 e. The number of hydrogen-bond donors (Lipinski definition) is 0. The Kier molecular flexibility index (Phi) is 2.21. The lowest BCUT2D eigenvalue weighted by atomic mass is 10.5. The van der Waals surface area contributed by atoms with Gasteiger partial charge in [-0.3, -0.25) is 0 Å². The van der Waals surface area contributed by atoms with E-state index in [0.29, 0.717) is 0 Å². The van der Waals surface area contributed by atoms with Crippen molar-refractivity contribution < 1.29 is 0 Å². The largest absolute Gasteiger partial charge is 0.227 e. The summed E-state index contributed by atoms with van der Waals surface area (Å²) in [6.45, 7) is 1.85. The molecule has 0 aliphatic carbocycles. The summed E-state index contributed by atoms with van der Waals surface area (Å²) >= 11 is 2.14. The van der Waals surface area contributed by atoms with Crippen molar-refractivity contribution in [2.24, 2.45) is 0 Å². The first-order valence-electron chi connectivity index (χ1n) is 3.62. The third-order valence-corrected chi connectivity index (χ3v) is 2.00. The van der Waals surface area contributed by atoms with E-state index < -0.39 is 0 Å². The number of aromatic nitrogens is 5. The monoisotopic (exact) mass is 287 g/mol. The molecule has 2 rings (SSSR count). The van der Waals surface area contributed by atoms with Crippen molar-refractivity contribution in [1.82, 2.24) is 24.7 Å². The minimum absolute atomic E-state index is 0.734. The fraction of sp³-hybridized carbons (Fsp3) is 0.143. The highest BCUT2D eigenvalue weighted by Crippen LogP contribution is 2.06. The summed E-state index contributed by atoms with van der Waals surface area (Å²) in [4.78, 5) is 12.2. The molecule has 66 valence electrons. The zero-order chi connectivity index (χ0) is 9.26. The van der Waals surface area contributed by atoms with Crippen LogP contribution in [-0.4, -0.2) is 24.7 Å². The zero-order valence-corrected chi connectivity index (χ0v) is 9.00. The van der Waals surface area contributed by atoms with E-state index in [0.717, 1.165) is 15.3 Å². The summed E-state index contributed by atoms with van der Waals surface area (Å²) in [7, 11) is 0. The minimum atomic E-state index is 0.734. The van der Waals surface area contributed by atoms with Crippen LogP contribution < -0.4 is 0 Å². The summed E-state index contributed by atoms with van der Waals surface area (Å²) in [5.74, 6) is 1.48. The summed E-state index contributed by atoms with van der Waals surface area (Å²) < 4.78 is 2.51. The van der Waals surface area contributed by atoms with Crippen LogP contribution in [0.2, 0.25) is 0 Å². The van der Waals surface area contributed by atoms with Crippen LogP contribution >= 0.6 is 22.6 Å². The van der Waals surface area contributed by atoms with E-state index in [1.807, 2.05) is 13.0 Å². The van der Waals surface area contributed by atoms with Crippen LogP contribution in [0.15, 0.2) is 18.7 Å². The maximum Gasteiger partial charge on any atom is 0.159 e. The zero-order valence-electron chi connectivity index (χ0n) is 6.85. The van der Waals surface area contributed by atoms with Crippen LogP contribution in [0, 0.1) is 10.6 Å². The Morgan fingerprint density at radius 2 is 2.23 bits per heavy atom. The second-order valence-electron chi connectivity index (χ2n) is 2.44. The minimum Gasteiger partial charge on any atom is -0.227 e. The molecule has 0 spiro atoms. The highest BCUT2D eigenvalue weighted by atomic mass is 127. The van der Waals surface area contributed by atoms with E-state index in [-0.39, 0.29) is 0 Å². The van der Waals surface area contributed by atoms with E-state index in [1.54, 1.807) is 11.0 Å². The maximum atomic E-state index is 4.22. The number of hydrogen-bond acceptors (Lipinski definition) is 4. The van der Waals surface area contributed by atoms with Crippen molar-refractivity contribution in [1.29, 1.82) is 0 Å². The molecule has 0 N–H and O–H groups in total. The van der Waals surface area contributed by atoms with E-state index in [9.17, 15) is 0 Å². The van der Waals surface area contributed by atoms with E-state index in [1.165, 1.54) is 6.33 Å². The Hall–Kier alpha value is -1.05. The van der Waals surface area contributed by atoms with E-state index in [2.05, 4.69) is 42.6 Å². The van der Waals surface area contributed by atoms with Gasteiger partial charge in [-0.05, 0) is 29.5 Å². The summed E-state index contributed by atoms with van der Waals surface area (Å²) in [5.41, 5.74) is 0. The molecule has 0 aliphatic heterocycles. The standard InChI is InChI=1S/C7H6IN5/c1-5-11-6(8)2-7(12-5)13-4-9-3-10-13/h2-4H,1H3. The predicted octanol–water partition coefficient (Wildman–Crippen LogP) is 0.970. The van der Waals surface area contributed by atoms with Crippen LogP contribution in [0.1, 0.15) is 5.82 Å². The molecule has 0 aliphatic rings. The molecule has 0 amide bonds. The Balaban J connectivity index is 2.53. The van der Waals surface area contributed by atoms with Crippen molar-refractivity contribution in [2.45, 2.75) is 6.92 Å². The average molecular weight is 287 g/mol. The van der Waals surface area contributed by atoms with Crippen LogP contribution in [-0.2, 0) is 0 Å². The number of rotatable bonds is 1. The van der Waals surface area contributed by atoms with Gasteiger partial charge in [0.2, 0.25) is 0 Å². The lowest BCUT2D eigenvalue weighted by molar-refractivity contribution is 0.823. The molecule has 2 heterocycles. The first-order chi connectivity index (χ1) is 6.25. The molecule has 0 fully saturated rings. The molecular weight excluding hydrogens is 281 g/mol. The fourth-order valence-corrected chi connectivity index (χ4v) is 1.59. The van der Waals surface area contributed by atoms with Crippen LogP contribution in [0.5, 0.6) is 0 Å². The van der Waals surface area contributed by atoms with Gasteiger partial charge in [0, 0.05) is 6.07 Å². The van der Waals surface area contributed by atoms with Gasteiger partial charge in [-0.25, -0.2) is 19.6 Å². The molecule has 2 aromatic heterocycles. The van der Waals surface area contributed by atoms with Gasteiger partial charge < -0.3 is 0 Å². The van der Waals surface area contributed by atoms with Gasteiger partial charge in [0.1, 0.15) is 22.2 Å².